The highest BCUT2D eigenvalue weighted by Gasteiger charge is 2.66. The first-order chi connectivity index (χ1) is 5.33. The summed E-state index contributed by atoms with van der Waals surface area (Å²) in [6, 6.07) is 0. The predicted octanol–water partition coefficient (Wildman–Crippen LogP) is 0.338. The molecule has 3 fully saturated rings. The smallest absolute Gasteiger partial charge is 0.312 e. The third-order valence-corrected chi connectivity index (χ3v) is 3.36. The van der Waals surface area contributed by atoms with E-state index in [2.05, 4.69) is 0 Å². The van der Waals surface area contributed by atoms with E-state index >= 15 is 0 Å². The Hall–Kier alpha value is -0.570. The monoisotopic (exact) mass is 154 g/mol. The van der Waals surface area contributed by atoms with Gasteiger partial charge in [0.15, 0.2) is 0 Å². The van der Waals surface area contributed by atoms with Crippen molar-refractivity contribution in [2.24, 2.45) is 11.8 Å². The minimum absolute atomic E-state index is 0.0387. The summed E-state index contributed by atoms with van der Waals surface area (Å²) in [6.07, 6.45) is 2.12. The number of carbonyl (C=O) groups is 1. The first-order valence-electron chi connectivity index (χ1n) is 4.13. The highest BCUT2D eigenvalue weighted by molar-refractivity contribution is 5.78. The molecule has 1 spiro atoms. The van der Waals surface area contributed by atoms with E-state index in [4.69, 9.17) is 9.47 Å². The van der Waals surface area contributed by atoms with Crippen LogP contribution in [0.2, 0.25) is 0 Å². The van der Waals surface area contributed by atoms with Gasteiger partial charge in [0.05, 0.1) is 5.92 Å². The molecule has 3 atom stereocenters. The van der Waals surface area contributed by atoms with Gasteiger partial charge in [-0.1, -0.05) is 0 Å². The van der Waals surface area contributed by atoms with Gasteiger partial charge in [-0.05, 0) is 18.8 Å². The van der Waals surface area contributed by atoms with Crippen LogP contribution in [0.25, 0.3) is 0 Å². The summed E-state index contributed by atoms with van der Waals surface area (Å²) in [5.41, 5.74) is -0.156. The van der Waals surface area contributed by atoms with Crippen LogP contribution < -0.4 is 0 Å². The number of ether oxygens (including phenoxy) is 2. The largest absolute Gasteiger partial charge is 0.462 e. The van der Waals surface area contributed by atoms with Gasteiger partial charge in [0.2, 0.25) is 0 Å². The normalized spacial score (nSPS) is 52.9. The molecule has 60 valence electrons. The van der Waals surface area contributed by atoms with Crippen molar-refractivity contribution in [2.75, 3.05) is 13.2 Å². The average molecular weight is 154 g/mol. The summed E-state index contributed by atoms with van der Waals surface area (Å²) in [5.74, 6) is 0.650. The van der Waals surface area contributed by atoms with Crippen molar-refractivity contribution in [3.63, 3.8) is 0 Å². The summed E-state index contributed by atoms with van der Waals surface area (Å²) in [7, 11) is 0. The maximum absolute atomic E-state index is 11.1. The summed E-state index contributed by atoms with van der Waals surface area (Å²) >= 11 is 0. The van der Waals surface area contributed by atoms with Gasteiger partial charge in [-0.2, -0.15) is 0 Å². The van der Waals surface area contributed by atoms with E-state index in [-0.39, 0.29) is 17.5 Å². The van der Waals surface area contributed by atoms with Gasteiger partial charge in [0, 0.05) is 6.61 Å². The van der Waals surface area contributed by atoms with E-state index in [1.165, 1.54) is 0 Å². The number of rotatable bonds is 0. The fraction of sp³-hybridized carbons (Fsp3) is 0.875. The van der Waals surface area contributed by atoms with Crippen LogP contribution in [0.1, 0.15) is 12.8 Å². The van der Waals surface area contributed by atoms with Gasteiger partial charge in [0.1, 0.15) is 12.2 Å². The van der Waals surface area contributed by atoms with Crippen LogP contribution in [0.5, 0.6) is 0 Å². The van der Waals surface area contributed by atoms with Gasteiger partial charge in [-0.15, -0.1) is 0 Å². The predicted molar refractivity (Wildman–Crippen MR) is 35.9 cm³/mol. The molecule has 0 aromatic rings. The van der Waals surface area contributed by atoms with Gasteiger partial charge >= 0.3 is 5.97 Å². The minimum atomic E-state index is -0.156. The Bertz CT molecular complexity index is 225. The summed E-state index contributed by atoms with van der Waals surface area (Å²) < 4.78 is 10.6. The zero-order valence-corrected chi connectivity index (χ0v) is 6.21. The molecule has 2 aliphatic heterocycles. The van der Waals surface area contributed by atoms with E-state index < -0.39 is 0 Å². The Kier molecular flexibility index (Phi) is 0.876. The molecule has 3 aliphatic rings. The quantitative estimate of drug-likeness (QED) is 0.472. The average Bonchev–Trinajstić information content (AvgIpc) is 2.39. The molecule has 2 saturated heterocycles. The second-order valence-electron chi connectivity index (χ2n) is 3.69. The number of cyclic esters (lactones) is 1. The second-order valence-corrected chi connectivity index (χ2v) is 3.69. The third-order valence-electron chi connectivity index (χ3n) is 3.36. The Morgan fingerprint density at radius 3 is 3.18 bits per heavy atom. The molecule has 1 saturated carbocycles. The van der Waals surface area contributed by atoms with Gasteiger partial charge in [0.25, 0.3) is 0 Å². The lowest BCUT2D eigenvalue weighted by Crippen LogP contribution is -2.53. The van der Waals surface area contributed by atoms with Crippen LogP contribution in [-0.2, 0) is 14.3 Å². The first kappa shape index (κ1) is 6.00. The molecule has 3 nitrogen and oxygen atoms in total. The molecule has 0 bridgehead atoms. The SMILES string of the molecule is O=C1OCC23OCCC2CC13. The van der Waals surface area contributed by atoms with E-state index in [9.17, 15) is 4.79 Å². The molecular formula is C8H10O3. The van der Waals surface area contributed by atoms with Crippen molar-refractivity contribution >= 4 is 5.97 Å². The number of hydrogen-bond acceptors (Lipinski definition) is 3. The fourth-order valence-electron chi connectivity index (χ4n) is 2.62. The molecule has 3 heteroatoms. The highest BCUT2D eigenvalue weighted by atomic mass is 16.6. The molecule has 1 aliphatic carbocycles. The maximum atomic E-state index is 11.1. The lowest BCUT2D eigenvalue weighted by atomic mass is 9.63. The van der Waals surface area contributed by atoms with E-state index in [0.717, 1.165) is 19.4 Å². The van der Waals surface area contributed by atoms with Crippen molar-refractivity contribution < 1.29 is 14.3 Å². The first-order valence-corrected chi connectivity index (χ1v) is 4.13. The molecular weight excluding hydrogens is 144 g/mol. The molecule has 0 amide bonds. The molecule has 0 aromatic heterocycles. The Balaban J connectivity index is 1.98. The molecule has 3 rings (SSSR count). The summed E-state index contributed by atoms with van der Waals surface area (Å²) in [6.45, 7) is 1.33. The fourth-order valence-corrected chi connectivity index (χ4v) is 2.62. The second kappa shape index (κ2) is 1.61. The molecule has 0 radical (unpaired) electrons. The van der Waals surface area contributed by atoms with Crippen LogP contribution >= 0.6 is 0 Å². The van der Waals surface area contributed by atoms with E-state index in [0.29, 0.717) is 12.5 Å². The van der Waals surface area contributed by atoms with Crippen LogP contribution in [0.3, 0.4) is 0 Å². The van der Waals surface area contributed by atoms with Crippen LogP contribution in [0.4, 0.5) is 0 Å². The van der Waals surface area contributed by atoms with E-state index in [1.807, 2.05) is 0 Å². The number of hydrogen-bond donors (Lipinski definition) is 0. The topological polar surface area (TPSA) is 35.5 Å². The number of carbonyl (C=O) groups excluding carboxylic acids is 1. The highest BCUT2D eigenvalue weighted by Crippen LogP contribution is 2.56. The minimum Gasteiger partial charge on any atom is -0.462 e. The van der Waals surface area contributed by atoms with Gasteiger partial charge in [-0.3, -0.25) is 4.79 Å². The van der Waals surface area contributed by atoms with Crippen LogP contribution in [0.15, 0.2) is 0 Å². The van der Waals surface area contributed by atoms with Crippen molar-refractivity contribution in [1.82, 2.24) is 0 Å². The zero-order valence-electron chi connectivity index (χ0n) is 6.21. The maximum Gasteiger partial charge on any atom is 0.312 e. The van der Waals surface area contributed by atoms with Gasteiger partial charge < -0.3 is 9.47 Å². The van der Waals surface area contributed by atoms with Crippen molar-refractivity contribution in [1.29, 1.82) is 0 Å². The number of esters is 1. The molecule has 2 heterocycles. The van der Waals surface area contributed by atoms with Crippen molar-refractivity contribution in [3.05, 3.63) is 0 Å². The molecule has 0 N–H and O–H groups in total. The van der Waals surface area contributed by atoms with E-state index in [1.54, 1.807) is 0 Å². The zero-order chi connectivity index (χ0) is 7.47. The standard InChI is InChI=1S/C8H10O3/c9-7-6-3-5-1-2-11-8(5,6)4-10-7/h5-6H,1-4H2. The lowest BCUT2D eigenvalue weighted by molar-refractivity contribution is -0.147. The molecule has 3 unspecified atom stereocenters. The van der Waals surface area contributed by atoms with Crippen LogP contribution in [-0.4, -0.2) is 24.8 Å². The van der Waals surface area contributed by atoms with Crippen molar-refractivity contribution in [3.8, 4) is 0 Å². The Labute approximate surface area is 64.7 Å². The Morgan fingerprint density at radius 1 is 1.55 bits per heavy atom. The van der Waals surface area contributed by atoms with Gasteiger partial charge in [-0.25, -0.2) is 0 Å². The molecule has 11 heavy (non-hydrogen) atoms. The third kappa shape index (κ3) is 0.495. The Morgan fingerprint density at radius 2 is 2.45 bits per heavy atom. The van der Waals surface area contributed by atoms with Crippen molar-refractivity contribution in [2.45, 2.75) is 18.4 Å². The molecule has 0 aromatic carbocycles. The summed E-state index contributed by atoms with van der Waals surface area (Å²) in [5, 5.41) is 0. The lowest BCUT2D eigenvalue weighted by Gasteiger charge is -2.42. The summed E-state index contributed by atoms with van der Waals surface area (Å²) in [4.78, 5) is 11.1. The van der Waals surface area contributed by atoms with Crippen LogP contribution in [0, 0.1) is 11.8 Å².